The Balaban J connectivity index is 2.16. The van der Waals surface area contributed by atoms with Crippen LogP contribution < -0.4 is 10.9 Å². The molecule has 3 N–H and O–H groups in total. The van der Waals surface area contributed by atoms with Gasteiger partial charge in [0.1, 0.15) is 5.82 Å². The third-order valence-electron chi connectivity index (χ3n) is 2.14. The molecule has 0 atom stereocenters. The largest absolute Gasteiger partial charge is 0.308 e. The first-order valence-corrected chi connectivity index (χ1v) is 4.32. The predicted octanol–water partition coefficient (Wildman–Crippen LogP) is 0.922. The number of rotatable bonds is 3. The minimum absolute atomic E-state index is 0.471. The summed E-state index contributed by atoms with van der Waals surface area (Å²) in [7, 11) is 0. The van der Waals surface area contributed by atoms with Crippen LogP contribution in [-0.2, 0) is 0 Å². The fraction of sp³-hybridized carbons (Fsp3) is 0.333. The SMILES string of the molecule is N=Cc1ccc(N(N)C2CC2)nc1. The van der Waals surface area contributed by atoms with E-state index in [9.17, 15) is 0 Å². The number of anilines is 1. The smallest absolute Gasteiger partial charge is 0.142 e. The molecule has 1 aliphatic rings. The molecule has 0 radical (unpaired) electrons. The monoisotopic (exact) mass is 176 g/mol. The van der Waals surface area contributed by atoms with Crippen LogP contribution in [0.1, 0.15) is 18.4 Å². The standard InChI is InChI=1S/C9H12N4/c10-5-7-1-4-9(12-6-7)13(11)8-2-3-8/h1,4-6,8,10H,2-3,11H2. The zero-order valence-corrected chi connectivity index (χ0v) is 7.27. The van der Waals surface area contributed by atoms with Crippen molar-refractivity contribution in [2.45, 2.75) is 18.9 Å². The summed E-state index contributed by atoms with van der Waals surface area (Å²) < 4.78 is 0. The molecule has 4 nitrogen and oxygen atoms in total. The van der Waals surface area contributed by atoms with Gasteiger partial charge in [0, 0.05) is 24.0 Å². The third-order valence-corrected chi connectivity index (χ3v) is 2.14. The first-order valence-electron chi connectivity index (χ1n) is 4.32. The lowest BCUT2D eigenvalue weighted by Gasteiger charge is -2.16. The summed E-state index contributed by atoms with van der Waals surface area (Å²) in [5.41, 5.74) is 0.799. The van der Waals surface area contributed by atoms with Gasteiger partial charge in [0.2, 0.25) is 0 Å². The summed E-state index contributed by atoms with van der Waals surface area (Å²) in [6.07, 6.45) is 5.24. The molecule has 13 heavy (non-hydrogen) atoms. The highest BCUT2D eigenvalue weighted by Crippen LogP contribution is 2.27. The number of nitrogens with one attached hydrogen (secondary N) is 1. The first-order chi connectivity index (χ1) is 6.31. The topological polar surface area (TPSA) is 66.0 Å². The highest BCUT2D eigenvalue weighted by molar-refractivity contribution is 5.76. The molecule has 1 aliphatic carbocycles. The Morgan fingerprint density at radius 2 is 2.31 bits per heavy atom. The summed E-state index contributed by atoms with van der Waals surface area (Å²) >= 11 is 0. The van der Waals surface area contributed by atoms with Gasteiger partial charge in [0.15, 0.2) is 0 Å². The van der Waals surface area contributed by atoms with Gasteiger partial charge in [-0.15, -0.1) is 0 Å². The van der Waals surface area contributed by atoms with Gasteiger partial charge in [-0.2, -0.15) is 0 Å². The van der Waals surface area contributed by atoms with Crippen molar-refractivity contribution < 1.29 is 0 Å². The van der Waals surface area contributed by atoms with E-state index in [1.54, 1.807) is 11.2 Å². The number of nitrogens with two attached hydrogens (primary N) is 1. The summed E-state index contributed by atoms with van der Waals surface area (Å²) in [5.74, 6) is 6.59. The fourth-order valence-electron chi connectivity index (χ4n) is 1.18. The molecule has 1 aromatic heterocycles. The second kappa shape index (κ2) is 3.14. The molecule has 0 aromatic carbocycles. The van der Waals surface area contributed by atoms with Crippen molar-refractivity contribution in [3.8, 4) is 0 Å². The molecule has 0 amide bonds. The molecule has 0 unspecified atom stereocenters. The summed E-state index contributed by atoms with van der Waals surface area (Å²) in [4.78, 5) is 4.16. The van der Waals surface area contributed by atoms with E-state index in [-0.39, 0.29) is 0 Å². The van der Waals surface area contributed by atoms with Crippen molar-refractivity contribution in [3.63, 3.8) is 0 Å². The zero-order valence-electron chi connectivity index (χ0n) is 7.27. The number of hydrogen-bond donors (Lipinski definition) is 2. The molecule has 0 spiro atoms. The molecule has 1 heterocycles. The van der Waals surface area contributed by atoms with E-state index in [0.29, 0.717) is 6.04 Å². The van der Waals surface area contributed by atoms with Crippen molar-refractivity contribution in [2.75, 3.05) is 5.01 Å². The Kier molecular flexibility index (Phi) is 1.98. The van der Waals surface area contributed by atoms with Crippen molar-refractivity contribution in [2.24, 2.45) is 5.84 Å². The van der Waals surface area contributed by atoms with Gasteiger partial charge < -0.3 is 5.41 Å². The number of hydrazine groups is 1. The lowest BCUT2D eigenvalue weighted by molar-refractivity contribution is 0.826. The molecule has 1 aromatic rings. The van der Waals surface area contributed by atoms with Crippen LogP contribution in [-0.4, -0.2) is 17.2 Å². The minimum Gasteiger partial charge on any atom is -0.308 e. The van der Waals surface area contributed by atoms with Crippen LogP contribution in [0, 0.1) is 5.41 Å². The summed E-state index contributed by atoms with van der Waals surface area (Å²) in [6.45, 7) is 0. The molecule has 0 aliphatic heterocycles. The number of hydrogen-bond acceptors (Lipinski definition) is 4. The Bertz CT molecular complexity index is 302. The van der Waals surface area contributed by atoms with Gasteiger partial charge >= 0.3 is 0 Å². The second-order valence-electron chi connectivity index (χ2n) is 3.23. The molecule has 1 fully saturated rings. The summed E-state index contributed by atoms with van der Waals surface area (Å²) in [5, 5.41) is 8.71. The lowest BCUT2D eigenvalue weighted by Crippen LogP contribution is -2.33. The van der Waals surface area contributed by atoms with Crippen LogP contribution in [0.15, 0.2) is 18.3 Å². The molecular weight excluding hydrogens is 164 g/mol. The lowest BCUT2D eigenvalue weighted by atomic mass is 10.3. The summed E-state index contributed by atoms with van der Waals surface area (Å²) in [6, 6.07) is 4.16. The normalized spacial score (nSPS) is 15.5. The molecule has 68 valence electrons. The van der Waals surface area contributed by atoms with E-state index < -0.39 is 0 Å². The van der Waals surface area contributed by atoms with Crippen molar-refractivity contribution in [3.05, 3.63) is 23.9 Å². The van der Waals surface area contributed by atoms with E-state index >= 15 is 0 Å². The molecular formula is C9H12N4. The van der Waals surface area contributed by atoms with E-state index in [0.717, 1.165) is 24.2 Å². The maximum absolute atomic E-state index is 7.01. The number of aromatic nitrogens is 1. The minimum atomic E-state index is 0.471. The third kappa shape index (κ3) is 1.67. The van der Waals surface area contributed by atoms with Gasteiger partial charge in [-0.25, -0.2) is 10.8 Å². The highest BCUT2D eigenvalue weighted by Gasteiger charge is 2.27. The molecule has 0 saturated heterocycles. The number of pyridine rings is 1. The van der Waals surface area contributed by atoms with Gasteiger partial charge in [0.25, 0.3) is 0 Å². The van der Waals surface area contributed by atoms with Crippen LogP contribution in [0.3, 0.4) is 0 Å². The molecule has 0 bridgehead atoms. The van der Waals surface area contributed by atoms with E-state index in [1.165, 1.54) is 6.21 Å². The van der Waals surface area contributed by atoms with Crippen LogP contribution in [0.2, 0.25) is 0 Å². The van der Waals surface area contributed by atoms with Gasteiger partial charge in [-0.3, -0.25) is 5.01 Å². The highest BCUT2D eigenvalue weighted by atomic mass is 15.5. The fourth-order valence-corrected chi connectivity index (χ4v) is 1.18. The van der Waals surface area contributed by atoms with Crippen LogP contribution in [0.4, 0.5) is 5.82 Å². The Labute approximate surface area is 76.9 Å². The van der Waals surface area contributed by atoms with Gasteiger partial charge in [-0.1, -0.05) is 0 Å². The van der Waals surface area contributed by atoms with Crippen molar-refractivity contribution >= 4 is 12.0 Å². The van der Waals surface area contributed by atoms with Crippen LogP contribution >= 0.6 is 0 Å². The molecule has 2 rings (SSSR count). The molecule has 1 saturated carbocycles. The average molecular weight is 176 g/mol. The first kappa shape index (κ1) is 8.19. The maximum Gasteiger partial charge on any atom is 0.142 e. The Morgan fingerprint density at radius 1 is 1.54 bits per heavy atom. The zero-order chi connectivity index (χ0) is 9.26. The van der Waals surface area contributed by atoms with Crippen molar-refractivity contribution in [1.82, 2.24) is 4.98 Å². The van der Waals surface area contributed by atoms with E-state index in [1.807, 2.05) is 12.1 Å². The maximum atomic E-state index is 7.01. The quantitative estimate of drug-likeness (QED) is 0.409. The van der Waals surface area contributed by atoms with Crippen LogP contribution in [0.25, 0.3) is 0 Å². The molecule has 4 heteroatoms. The van der Waals surface area contributed by atoms with Gasteiger partial charge in [-0.05, 0) is 25.0 Å². The van der Waals surface area contributed by atoms with E-state index in [2.05, 4.69) is 4.98 Å². The Morgan fingerprint density at radius 3 is 2.77 bits per heavy atom. The predicted molar refractivity (Wildman–Crippen MR) is 51.8 cm³/mol. The Hall–Kier alpha value is -1.42. The number of nitrogens with zero attached hydrogens (tertiary/aromatic N) is 2. The van der Waals surface area contributed by atoms with Gasteiger partial charge in [0.05, 0.1) is 0 Å². The van der Waals surface area contributed by atoms with Crippen molar-refractivity contribution in [1.29, 1.82) is 5.41 Å². The average Bonchev–Trinajstić information content (AvgIpc) is 3.00. The van der Waals surface area contributed by atoms with E-state index in [4.69, 9.17) is 11.3 Å². The second-order valence-corrected chi connectivity index (χ2v) is 3.23. The van der Waals surface area contributed by atoms with Crippen LogP contribution in [0.5, 0.6) is 0 Å².